The molecule has 1 atom stereocenters. The zero-order chi connectivity index (χ0) is 14.8. The molecule has 0 aliphatic carbocycles. The second-order valence-electron chi connectivity index (χ2n) is 5.63. The number of hydrogen-bond donors (Lipinski definition) is 2. The lowest BCUT2D eigenvalue weighted by Gasteiger charge is -2.18. The van der Waals surface area contributed by atoms with Crippen LogP contribution in [0.2, 0.25) is 0 Å². The number of aromatic amines is 1. The van der Waals surface area contributed by atoms with E-state index in [-0.39, 0.29) is 5.92 Å². The summed E-state index contributed by atoms with van der Waals surface area (Å²) in [5, 5.41) is 0. The van der Waals surface area contributed by atoms with E-state index in [1.165, 1.54) is 0 Å². The molecule has 0 fully saturated rings. The molecule has 1 aliphatic rings. The lowest BCUT2D eigenvalue weighted by atomic mass is 9.95. The van der Waals surface area contributed by atoms with E-state index in [0.717, 1.165) is 28.6 Å². The van der Waals surface area contributed by atoms with Crippen molar-refractivity contribution < 1.29 is 9.47 Å². The van der Waals surface area contributed by atoms with Crippen molar-refractivity contribution in [2.24, 2.45) is 11.7 Å². The maximum absolute atomic E-state index is 5.85. The van der Waals surface area contributed by atoms with Crippen LogP contribution in [-0.2, 0) is 0 Å². The van der Waals surface area contributed by atoms with Crippen molar-refractivity contribution in [3.8, 4) is 22.8 Å². The molecule has 5 nitrogen and oxygen atoms in total. The minimum atomic E-state index is 0.246. The molecule has 0 saturated carbocycles. The van der Waals surface area contributed by atoms with Crippen molar-refractivity contribution in [3.05, 3.63) is 30.2 Å². The highest BCUT2D eigenvalue weighted by atomic mass is 16.6. The van der Waals surface area contributed by atoms with Gasteiger partial charge in [0.05, 0.1) is 11.9 Å². The lowest BCUT2D eigenvalue weighted by molar-refractivity contribution is 0.171. The summed E-state index contributed by atoms with van der Waals surface area (Å²) in [4.78, 5) is 7.87. The molecule has 3 rings (SSSR count). The third-order valence-corrected chi connectivity index (χ3v) is 3.86. The van der Waals surface area contributed by atoms with Gasteiger partial charge in [0.2, 0.25) is 0 Å². The van der Waals surface area contributed by atoms with E-state index in [1.54, 1.807) is 0 Å². The number of benzene rings is 1. The number of nitrogens with zero attached hydrogens (tertiary/aromatic N) is 1. The summed E-state index contributed by atoms with van der Waals surface area (Å²) in [5.41, 5.74) is 7.86. The van der Waals surface area contributed by atoms with Crippen molar-refractivity contribution >= 4 is 0 Å². The van der Waals surface area contributed by atoms with Gasteiger partial charge in [0.15, 0.2) is 11.5 Å². The Morgan fingerprint density at radius 3 is 2.71 bits per heavy atom. The van der Waals surface area contributed by atoms with Crippen LogP contribution in [0.3, 0.4) is 0 Å². The fourth-order valence-electron chi connectivity index (χ4n) is 2.58. The third-order valence-electron chi connectivity index (χ3n) is 3.86. The quantitative estimate of drug-likeness (QED) is 0.906. The van der Waals surface area contributed by atoms with E-state index in [2.05, 4.69) is 23.8 Å². The van der Waals surface area contributed by atoms with Crippen molar-refractivity contribution in [2.45, 2.75) is 19.8 Å². The molecule has 2 aromatic rings. The van der Waals surface area contributed by atoms with Gasteiger partial charge < -0.3 is 20.2 Å². The smallest absolute Gasteiger partial charge is 0.162 e. The van der Waals surface area contributed by atoms with Crippen molar-refractivity contribution in [1.29, 1.82) is 0 Å². The van der Waals surface area contributed by atoms with Crippen LogP contribution in [0, 0.1) is 5.92 Å². The maximum Gasteiger partial charge on any atom is 0.162 e. The molecule has 5 heteroatoms. The average Bonchev–Trinajstić information content (AvgIpc) is 2.96. The molecule has 2 heterocycles. The van der Waals surface area contributed by atoms with Gasteiger partial charge in [-0.2, -0.15) is 0 Å². The predicted octanol–water partition coefficient (Wildman–Crippen LogP) is 2.55. The Bertz CT molecular complexity index is 622. The molecule has 0 saturated heterocycles. The second kappa shape index (κ2) is 5.77. The summed E-state index contributed by atoms with van der Waals surface area (Å²) in [6.07, 6.45) is 1.85. The van der Waals surface area contributed by atoms with Gasteiger partial charge in [-0.3, -0.25) is 0 Å². The van der Waals surface area contributed by atoms with Crippen LogP contribution in [-0.4, -0.2) is 29.7 Å². The monoisotopic (exact) mass is 287 g/mol. The molecule has 1 aromatic heterocycles. The molecule has 21 heavy (non-hydrogen) atoms. The zero-order valence-electron chi connectivity index (χ0n) is 12.4. The number of nitrogens with two attached hydrogens (primary N) is 1. The Morgan fingerprint density at radius 2 is 2.00 bits per heavy atom. The van der Waals surface area contributed by atoms with E-state index in [1.807, 2.05) is 24.4 Å². The van der Waals surface area contributed by atoms with Crippen LogP contribution in [0.1, 0.15) is 25.6 Å². The highest BCUT2D eigenvalue weighted by Gasteiger charge is 2.18. The topological polar surface area (TPSA) is 73.2 Å². The molecular weight excluding hydrogens is 266 g/mol. The average molecular weight is 287 g/mol. The Balaban J connectivity index is 1.89. The van der Waals surface area contributed by atoms with Crippen molar-refractivity contribution in [3.63, 3.8) is 0 Å². The van der Waals surface area contributed by atoms with E-state index in [4.69, 9.17) is 15.2 Å². The summed E-state index contributed by atoms with van der Waals surface area (Å²) < 4.78 is 11.2. The maximum atomic E-state index is 5.85. The van der Waals surface area contributed by atoms with Crippen LogP contribution in [0.25, 0.3) is 11.3 Å². The number of H-pyrrole nitrogens is 1. The van der Waals surface area contributed by atoms with Gasteiger partial charge in [-0.05, 0) is 24.1 Å². The molecule has 0 amide bonds. The van der Waals surface area contributed by atoms with Gasteiger partial charge in [-0.1, -0.05) is 13.8 Å². The van der Waals surface area contributed by atoms with E-state index >= 15 is 0 Å². The fraction of sp³-hybridized carbons (Fsp3) is 0.438. The van der Waals surface area contributed by atoms with Gasteiger partial charge in [0, 0.05) is 18.0 Å². The highest BCUT2D eigenvalue weighted by molar-refractivity contribution is 5.63. The van der Waals surface area contributed by atoms with Crippen molar-refractivity contribution in [2.75, 3.05) is 19.8 Å². The van der Waals surface area contributed by atoms with Gasteiger partial charge in [-0.25, -0.2) is 4.98 Å². The SMILES string of the molecule is CC(C)C(CN)c1ncc(-c2ccc3c(c2)OCCO3)[nH]1. The number of hydrogen-bond acceptors (Lipinski definition) is 4. The van der Waals surface area contributed by atoms with Gasteiger partial charge in [0.25, 0.3) is 0 Å². The van der Waals surface area contributed by atoms with Crippen LogP contribution in [0.5, 0.6) is 11.5 Å². The van der Waals surface area contributed by atoms with Gasteiger partial charge in [-0.15, -0.1) is 0 Å². The summed E-state index contributed by atoms with van der Waals surface area (Å²) in [5.74, 6) is 3.23. The first-order chi connectivity index (χ1) is 10.2. The van der Waals surface area contributed by atoms with E-state index in [0.29, 0.717) is 25.7 Å². The second-order valence-corrected chi connectivity index (χ2v) is 5.63. The lowest BCUT2D eigenvalue weighted by Crippen LogP contribution is -2.19. The molecule has 0 bridgehead atoms. The number of fused-ring (bicyclic) bond motifs is 1. The Labute approximate surface area is 124 Å². The van der Waals surface area contributed by atoms with Crippen LogP contribution >= 0.6 is 0 Å². The van der Waals surface area contributed by atoms with E-state index < -0.39 is 0 Å². The number of ether oxygens (including phenoxy) is 2. The predicted molar refractivity (Wildman–Crippen MR) is 81.6 cm³/mol. The number of nitrogens with one attached hydrogen (secondary N) is 1. The van der Waals surface area contributed by atoms with Gasteiger partial charge >= 0.3 is 0 Å². The first-order valence-corrected chi connectivity index (χ1v) is 7.34. The van der Waals surface area contributed by atoms with E-state index in [9.17, 15) is 0 Å². The number of aromatic nitrogens is 2. The standard InChI is InChI=1S/C16H21N3O2/c1-10(2)12(8-17)16-18-9-13(19-16)11-3-4-14-15(7-11)21-6-5-20-14/h3-4,7,9-10,12H,5-6,8,17H2,1-2H3,(H,18,19). The van der Waals surface area contributed by atoms with Crippen LogP contribution in [0.4, 0.5) is 0 Å². The Hall–Kier alpha value is -2.01. The first-order valence-electron chi connectivity index (χ1n) is 7.34. The summed E-state index contributed by atoms with van der Waals surface area (Å²) in [6, 6.07) is 5.93. The summed E-state index contributed by atoms with van der Waals surface area (Å²) >= 11 is 0. The summed E-state index contributed by atoms with van der Waals surface area (Å²) in [7, 11) is 0. The minimum Gasteiger partial charge on any atom is -0.486 e. The normalized spacial score (nSPS) is 15.2. The molecule has 1 aliphatic heterocycles. The summed E-state index contributed by atoms with van der Waals surface area (Å²) in [6.45, 7) is 6.10. The molecule has 3 N–H and O–H groups in total. The molecule has 0 radical (unpaired) electrons. The van der Waals surface area contributed by atoms with Crippen LogP contribution < -0.4 is 15.2 Å². The molecule has 112 valence electrons. The molecule has 1 aromatic carbocycles. The fourth-order valence-corrected chi connectivity index (χ4v) is 2.58. The van der Waals surface area contributed by atoms with Gasteiger partial charge in [0.1, 0.15) is 19.0 Å². The third kappa shape index (κ3) is 2.74. The molecule has 1 unspecified atom stereocenters. The Kier molecular flexibility index (Phi) is 3.84. The zero-order valence-corrected chi connectivity index (χ0v) is 12.4. The Morgan fingerprint density at radius 1 is 1.24 bits per heavy atom. The van der Waals surface area contributed by atoms with Crippen molar-refractivity contribution in [1.82, 2.24) is 9.97 Å². The molecular formula is C16H21N3O2. The minimum absolute atomic E-state index is 0.246. The first kappa shape index (κ1) is 13.9. The van der Waals surface area contributed by atoms with Crippen LogP contribution in [0.15, 0.2) is 24.4 Å². The largest absolute Gasteiger partial charge is 0.486 e. The number of rotatable bonds is 4. The molecule has 0 spiro atoms. The highest BCUT2D eigenvalue weighted by Crippen LogP contribution is 2.34. The number of imidazole rings is 1.